The SMILES string of the molecule is CC(CNS(=O)(=O)c1cc2c(cc1Cl)NC(=O)C2)C(=O)O. The first-order valence-corrected chi connectivity index (χ1v) is 7.91. The molecule has 1 unspecified atom stereocenters. The summed E-state index contributed by atoms with van der Waals surface area (Å²) in [5.41, 5.74) is 1.03. The van der Waals surface area contributed by atoms with Crippen LogP contribution in [0.3, 0.4) is 0 Å². The van der Waals surface area contributed by atoms with E-state index in [1.54, 1.807) is 0 Å². The molecule has 1 aromatic rings. The zero-order valence-corrected chi connectivity index (χ0v) is 12.6. The summed E-state index contributed by atoms with van der Waals surface area (Å²) < 4.78 is 26.5. The van der Waals surface area contributed by atoms with Crippen molar-refractivity contribution < 1.29 is 23.1 Å². The highest BCUT2D eigenvalue weighted by molar-refractivity contribution is 7.89. The van der Waals surface area contributed by atoms with Crippen LogP contribution in [0.2, 0.25) is 5.02 Å². The number of sulfonamides is 1. The molecule has 0 radical (unpaired) electrons. The summed E-state index contributed by atoms with van der Waals surface area (Å²) in [7, 11) is -3.94. The third kappa shape index (κ3) is 3.34. The van der Waals surface area contributed by atoms with E-state index in [0.717, 1.165) is 0 Å². The van der Waals surface area contributed by atoms with Crippen molar-refractivity contribution >= 4 is 39.2 Å². The Morgan fingerprint density at radius 3 is 2.81 bits per heavy atom. The van der Waals surface area contributed by atoms with Gasteiger partial charge in [0.15, 0.2) is 0 Å². The molecule has 0 aromatic heterocycles. The average molecular weight is 333 g/mol. The van der Waals surface area contributed by atoms with E-state index in [1.165, 1.54) is 19.1 Å². The summed E-state index contributed by atoms with van der Waals surface area (Å²) in [4.78, 5) is 21.8. The second-order valence-corrected chi connectivity index (χ2v) is 6.90. The summed E-state index contributed by atoms with van der Waals surface area (Å²) in [5.74, 6) is -2.20. The van der Waals surface area contributed by atoms with Crippen molar-refractivity contribution in [2.24, 2.45) is 5.92 Å². The predicted octanol–water partition coefficient (Wildman–Crippen LogP) is 0.834. The van der Waals surface area contributed by atoms with Gasteiger partial charge in [-0.25, -0.2) is 13.1 Å². The number of carbonyl (C=O) groups excluding carboxylic acids is 1. The van der Waals surface area contributed by atoms with Crippen molar-refractivity contribution in [2.75, 3.05) is 11.9 Å². The molecule has 0 bridgehead atoms. The van der Waals surface area contributed by atoms with Gasteiger partial charge >= 0.3 is 5.97 Å². The smallest absolute Gasteiger partial charge is 0.307 e. The van der Waals surface area contributed by atoms with E-state index >= 15 is 0 Å². The van der Waals surface area contributed by atoms with Crippen LogP contribution in [0.15, 0.2) is 17.0 Å². The minimum atomic E-state index is -3.94. The monoisotopic (exact) mass is 332 g/mol. The molecule has 1 aliphatic rings. The fourth-order valence-electron chi connectivity index (χ4n) is 1.83. The van der Waals surface area contributed by atoms with Gasteiger partial charge in [-0.15, -0.1) is 0 Å². The lowest BCUT2D eigenvalue weighted by Crippen LogP contribution is -2.31. The molecule has 1 aromatic carbocycles. The Morgan fingerprint density at radius 1 is 1.52 bits per heavy atom. The molecule has 0 aliphatic carbocycles. The second kappa shape index (κ2) is 5.63. The molecular weight excluding hydrogens is 320 g/mol. The van der Waals surface area contributed by atoms with Gasteiger partial charge in [-0.1, -0.05) is 18.5 Å². The summed E-state index contributed by atoms with van der Waals surface area (Å²) in [6.07, 6.45) is 0.0839. The van der Waals surface area contributed by atoms with Crippen molar-refractivity contribution in [3.8, 4) is 0 Å². The number of benzene rings is 1. The Labute approximate surface area is 126 Å². The third-order valence-electron chi connectivity index (χ3n) is 3.07. The number of halogens is 1. The number of hydrogen-bond donors (Lipinski definition) is 3. The molecule has 9 heteroatoms. The number of carboxylic acid groups (broad SMARTS) is 1. The normalized spacial score (nSPS) is 15.4. The molecule has 1 aliphatic heterocycles. The van der Waals surface area contributed by atoms with Crippen molar-refractivity contribution in [1.82, 2.24) is 4.72 Å². The molecule has 114 valence electrons. The van der Waals surface area contributed by atoms with E-state index in [1.807, 2.05) is 0 Å². The molecule has 1 atom stereocenters. The van der Waals surface area contributed by atoms with Gasteiger partial charge in [-0.2, -0.15) is 0 Å². The Hall–Kier alpha value is -1.64. The molecule has 7 nitrogen and oxygen atoms in total. The summed E-state index contributed by atoms with van der Waals surface area (Å²) in [5, 5.41) is 11.3. The van der Waals surface area contributed by atoms with Gasteiger partial charge in [0, 0.05) is 12.2 Å². The van der Waals surface area contributed by atoms with Gasteiger partial charge in [0.05, 0.1) is 17.4 Å². The predicted molar refractivity (Wildman–Crippen MR) is 75.8 cm³/mol. The minimum absolute atomic E-state index is 0.0357. The average Bonchev–Trinajstić information content (AvgIpc) is 2.73. The summed E-state index contributed by atoms with van der Waals surface area (Å²) >= 11 is 5.93. The number of rotatable bonds is 5. The number of carboxylic acids is 1. The first-order chi connectivity index (χ1) is 9.70. The molecule has 1 heterocycles. The molecule has 0 saturated heterocycles. The number of anilines is 1. The summed E-state index contributed by atoms with van der Waals surface area (Å²) in [6.45, 7) is 1.14. The van der Waals surface area contributed by atoms with Gasteiger partial charge in [0.25, 0.3) is 0 Å². The fraction of sp³-hybridized carbons (Fsp3) is 0.333. The maximum absolute atomic E-state index is 12.2. The van der Waals surface area contributed by atoms with E-state index in [4.69, 9.17) is 16.7 Å². The zero-order valence-electron chi connectivity index (χ0n) is 11.0. The fourth-order valence-corrected chi connectivity index (χ4v) is 3.54. The highest BCUT2D eigenvalue weighted by Crippen LogP contribution is 2.32. The number of aliphatic carboxylic acids is 1. The maximum Gasteiger partial charge on any atom is 0.307 e. The van der Waals surface area contributed by atoms with Crippen LogP contribution in [-0.4, -0.2) is 31.9 Å². The van der Waals surface area contributed by atoms with Crippen LogP contribution < -0.4 is 10.0 Å². The van der Waals surface area contributed by atoms with Crippen LogP contribution in [0.1, 0.15) is 12.5 Å². The Kier molecular flexibility index (Phi) is 4.22. The third-order valence-corrected chi connectivity index (χ3v) is 4.96. The van der Waals surface area contributed by atoms with Crippen LogP contribution in [0, 0.1) is 5.92 Å². The molecular formula is C12H13ClN2O5S. The Morgan fingerprint density at radius 2 is 2.19 bits per heavy atom. The van der Waals surface area contributed by atoms with E-state index in [-0.39, 0.29) is 28.8 Å². The van der Waals surface area contributed by atoms with Gasteiger partial charge in [0.1, 0.15) is 4.90 Å². The number of amides is 1. The molecule has 2 rings (SSSR count). The zero-order chi connectivity index (χ0) is 15.8. The van der Waals surface area contributed by atoms with Crippen molar-refractivity contribution in [3.63, 3.8) is 0 Å². The van der Waals surface area contributed by atoms with E-state index < -0.39 is 21.9 Å². The largest absolute Gasteiger partial charge is 0.481 e. The van der Waals surface area contributed by atoms with Crippen LogP contribution in [0.25, 0.3) is 0 Å². The highest BCUT2D eigenvalue weighted by atomic mass is 35.5. The standard InChI is InChI=1S/C12H13ClN2O5S/c1-6(12(17)18)5-14-21(19,20)10-2-7-3-11(16)15-9(7)4-8(10)13/h2,4,6,14H,3,5H2,1H3,(H,15,16)(H,17,18). The van der Waals surface area contributed by atoms with Crippen molar-refractivity contribution in [2.45, 2.75) is 18.2 Å². The number of fused-ring (bicyclic) bond motifs is 1. The first kappa shape index (κ1) is 15.7. The Balaban J connectivity index is 2.27. The molecule has 3 N–H and O–H groups in total. The topological polar surface area (TPSA) is 113 Å². The first-order valence-electron chi connectivity index (χ1n) is 6.05. The van der Waals surface area contributed by atoms with Crippen molar-refractivity contribution in [3.05, 3.63) is 22.7 Å². The van der Waals surface area contributed by atoms with Gasteiger partial charge in [-0.05, 0) is 17.7 Å². The highest BCUT2D eigenvalue weighted by Gasteiger charge is 2.25. The van der Waals surface area contributed by atoms with Crippen molar-refractivity contribution in [1.29, 1.82) is 0 Å². The lowest BCUT2D eigenvalue weighted by Gasteiger charge is -2.11. The van der Waals surface area contributed by atoms with Gasteiger partial charge < -0.3 is 10.4 Å². The maximum atomic E-state index is 12.2. The number of nitrogens with one attached hydrogen (secondary N) is 2. The van der Waals surface area contributed by atoms with E-state index in [0.29, 0.717) is 11.3 Å². The molecule has 1 amide bonds. The molecule has 0 spiro atoms. The summed E-state index contributed by atoms with van der Waals surface area (Å²) in [6, 6.07) is 2.69. The van der Waals surface area contributed by atoms with Crippen LogP contribution in [0.5, 0.6) is 0 Å². The van der Waals surface area contributed by atoms with Crippen LogP contribution in [-0.2, 0) is 26.0 Å². The minimum Gasteiger partial charge on any atom is -0.481 e. The van der Waals surface area contributed by atoms with Crippen LogP contribution >= 0.6 is 11.6 Å². The van der Waals surface area contributed by atoms with Crippen LogP contribution in [0.4, 0.5) is 5.69 Å². The second-order valence-electron chi connectivity index (χ2n) is 4.76. The lowest BCUT2D eigenvalue weighted by atomic mass is 10.2. The molecule has 21 heavy (non-hydrogen) atoms. The van der Waals surface area contributed by atoms with E-state index in [2.05, 4.69) is 10.0 Å². The van der Waals surface area contributed by atoms with Gasteiger partial charge in [0.2, 0.25) is 15.9 Å². The lowest BCUT2D eigenvalue weighted by molar-refractivity contribution is -0.140. The molecule has 0 fully saturated rings. The number of carbonyl (C=O) groups is 2. The quantitative estimate of drug-likeness (QED) is 0.739. The number of hydrogen-bond acceptors (Lipinski definition) is 4. The Bertz CT molecular complexity index is 717. The molecule has 0 saturated carbocycles. The van der Waals surface area contributed by atoms with Gasteiger partial charge in [-0.3, -0.25) is 9.59 Å². The van der Waals surface area contributed by atoms with E-state index in [9.17, 15) is 18.0 Å².